The van der Waals surface area contributed by atoms with Gasteiger partial charge >= 0.3 is 0 Å². The first-order chi connectivity index (χ1) is 9.99. The van der Waals surface area contributed by atoms with E-state index in [0.717, 1.165) is 32.3 Å². The monoisotopic (exact) mass is 289 g/mol. The Morgan fingerprint density at radius 2 is 2.10 bits per heavy atom. The minimum absolute atomic E-state index is 0.0172. The van der Waals surface area contributed by atoms with Crippen LogP contribution in [0.15, 0.2) is 17.3 Å². The molecule has 1 aromatic carbocycles. The average molecular weight is 289 g/mol. The van der Waals surface area contributed by atoms with Gasteiger partial charge in [-0.3, -0.25) is 9.69 Å². The highest BCUT2D eigenvalue weighted by Gasteiger charge is 2.19. The van der Waals surface area contributed by atoms with E-state index in [9.17, 15) is 4.79 Å². The van der Waals surface area contributed by atoms with Crippen molar-refractivity contribution in [3.63, 3.8) is 0 Å². The highest BCUT2D eigenvalue weighted by atomic mass is 16.4. The number of carbonyl (C=O) groups excluding carboxylic acids is 1. The predicted molar refractivity (Wildman–Crippen MR) is 82.8 cm³/mol. The van der Waals surface area contributed by atoms with Crippen LogP contribution < -0.4 is 5.32 Å². The molecule has 114 valence electrons. The molecular weight excluding hydrogens is 266 g/mol. The number of nitrogens with zero attached hydrogens (tertiary/aromatic N) is 2. The summed E-state index contributed by atoms with van der Waals surface area (Å²) in [6.07, 6.45) is 1.93. The Morgan fingerprint density at radius 3 is 2.76 bits per heavy atom. The summed E-state index contributed by atoms with van der Waals surface area (Å²) >= 11 is 0. The minimum Gasteiger partial charge on any atom is -0.411 e. The third kappa shape index (κ3) is 4.04. The van der Waals surface area contributed by atoms with E-state index in [1.807, 2.05) is 6.92 Å². The van der Waals surface area contributed by atoms with Gasteiger partial charge in [0.2, 0.25) is 0 Å². The molecule has 21 heavy (non-hydrogen) atoms. The first-order valence-corrected chi connectivity index (χ1v) is 7.29. The molecule has 1 heterocycles. The van der Waals surface area contributed by atoms with E-state index in [2.05, 4.69) is 41.4 Å². The van der Waals surface area contributed by atoms with Crippen LogP contribution >= 0.6 is 0 Å². The fraction of sp³-hybridized carbons (Fsp3) is 0.500. The number of hydrogen-bond donors (Lipinski definition) is 2. The second-order valence-corrected chi connectivity index (χ2v) is 5.84. The summed E-state index contributed by atoms with van der Waals surface area (Å²) in [5.41, 5.74) is 5.51. The van der Waals surface area contributed by atoms with E-state index in [1.165, 1.54) is 22.3 Å². The largest absolute Gasteiger partial charge is 0.411 e. The van der Waals surface area contributed by atoms with Crippen molar-refractivity contribution in [2.75, 3.05) is 13.1 Å². The van der Waals surface area contributed by atoms with Crippen LogP contribution in [0.5, 0.6) is 0 Å². The number of oxime groups is 1. The van der Waals surface area contributed by atoms with Gasteiger partial charge in [0.25, 0.3) is 5.91 Å². The van der Waals surface area contributed by atoms with Crippen molar-refractivity contribution in [3.8, 4) is 0 Å². The zero-order chi connectivity index (χ0) is 15.4. The molecule has 0 radical (unpaired) electrons. The summed E-state index contributed by atoms with van der Waals surface area (Å²) in [7, 11) is 0. The quantitative estimate of drug-likeness (QED) is 0.503. The van der Waals surface area contributed by atoms with Gasteiger partial charge < -0.3 is 10.5 Å². The number of benzene rings is 1. The van der Waals surface area contributed by atoms with E-state index >= 15 is 0 Å². The van der Waals surface area contributed by atoms with Gasteiger partial charge in [-0.15, -0.1) is 0 Å². The molecule has 1 atom stereocenters. The number of fused-ring (bicyclic) bond motifs is 1. The smallest absolute Gasteiger partial charge is 0.266 e. The Balaban J connectivity index is 1.95. The molecular formula is C16H23N3O2. The molecule has 0 spiro atoms. The van der Waals surface area contributed by atoms with Crippen molar-refractivity contribution in [2.24, 2.45) is 5.16 Å². The lowest BCUT2D eigenvalue weighted by atomic mass is 9.94. The lowest BCUT2D eigenvalue weighted by molar-refractivity contribution is -0.115. The fourth-order valence-corrected chi connectivity index (χ4v) is 2.84. The van der Waals surface area contributed by atoms with Gasteiger partial charge in [0.1, 0.15) is 6.21 Å². The minimum atomic E-state index is -0.367. The van der Waals surface area contributed by atoms with Gasteiger partial charge in [0, 0.05) is 25.7 Å². The van der Waals surface area contributed by atoms with Gasteiger partial charge in [0.15, 0.2) is 0 Å². The van der Waals surface area contributed by atoms with Gasteiger partial charge in [-0.1, -0.05) is 17.3 Å². The van der Waals surface area contributed by atoms with Crippen LogP contribution in [0.2, 0.25) is 0 Å². The van der Waals surface area contributed by atoms with Gasteiger partial charge in [-0.25, -0.2) is 0 Å². The zero-order valence-electron chi connectivity index (χ0n) is 12.9. The van der Waals surface area contributed by atoms with E-state index in [-0.39, 0.29) is 11.9 Å². The van der Waals surface area contributed by atoms with Crippen molar-refractivity contribution in [3.05, 3.63) is 34.4 Å². The number of nitrogens with one attached hydrogen (secondary N) is 1. The van der Waals surface area contributed by atoms with Crippen LogP contribution in [-0.2, 0) is 17.8 Å². The standard InChI is InChI=1S/C16H23N3O2/c1-11-6-14-4-5-19(10-15(14)7-12(11)2)9-13(3)18-16(20)8-17-21/h6-8,13,21H,4-5,9-10H2,1-3H3,(H,18,20)/b17-8-/t13-/m0/s1. The van der Waals surface area contributed by atoms with Crippen LogP contribution in [0.3, 0.4) is 0 Å². The van der Waals surface area contributed by atoms with Crippen molar-refractivity contribution < 1.29 is 10.0 Å². The maximum absolute atomic E-state index is 11.3. The SMILES string of the molecule is Cc1cc2c(cc1C)CN(C[C@H](C)NC(=O)/C=N\O)CC2. The maximum Gasteiger partial charge on any atom is 0.266 e. The zero-order valence-corrected chi connectivity index (χ0v) is 12.9. The summed E-state index contributed by atoms with van der Waals surface area (Å²) in [4.78, 5) is 13.7. The first-order valence-electron chi connectivity index (χ1n) is 7.29. The van der Waals surface area contributed by atoms with Crippen molar-refractivity contribution in [1.29, 1.82) is 0 Å². The van der Waals surface area contributed by atoms with E-state index in [1.54, 1.807) is 0 Å². The van der Waals surface area contributed by atoms with Crippen LogP contribution in [0.1, 0.15) is 29.2 Å². The highest BCUT2D eigenvalue weighted by molar-refractivity contribution is 6.26. The third-order valence-corrected chi connectivity index (χ3v) is 4.00. The second-order valence-electron chi connectivity index (χ2n) is 5.84. The number of carbonyl (C=O) groups is 1. The highest BCUT2D eigenvalue weighted by Crippen LogP contribution is 2.22. The molecule has 1 aromatic rings. The van der Waals surface area contributed by atoms with Gasteiger partial charge in [-0.2, -0.15) is 0 Å². The molecule has 1 amide bonds. The Bertz CT molecular complexity index is 555. The topological polar surface area (TPSA) is 64.9 Å². The van der Waals surface area contributed by atoms with Gasteiger partial charge in [0.05, 0.1) is 0 Å². The number of amides is 1. The Kier molecular flexibility index (Phi) is 4.96. The summed E-state index contributed by atoms with van der Waals surface area (Å²) in [5, 5.41) is 13.8. The molecule has 0 saturated heterocycles. The molecule has 2 rings (SSSR count). The maximum atomic E-state index is 11.3. The summed E-state index contributed by atoms with van der Waals surface area (Å²) in [6.45, 7) is 8.97. The molecule has 0 aliphatic carbocycles. The van der Waals surface area contributed by atoms with E-state index in [0.29, 0.717) is 0 Å². The molecule has 0 aromatic heterocycles. The van der Waals surface area contributed by atoms with Crippen LogP contribution in [0.25, 0.3) is 0 Å². The molecule has 0 bridgehead atoms. The van der Waals surface area contributed by atoms with Crippen LogP contribution in [0.4, 0.5) is 0 Å². The first kappa shape index (κ1) is 15.5. The number of rotatable bonds is 4. The summed E-state index contributed by atoms with van der Waals surface area (Å²) in [5.74, 6) is -0.367. The summed E-state index contributed by atoms with van der Waals surface area (Å²) in [6, 6.07) is 4.59. The predicted octanol–water partition coefficient (Wildman–Crippen LogP) is 1.63. The van der Waals surface area contributed by atoms with E-state index < -0.39 is 0 Å². The fourth-order valence-electron chi connectivity index (χ4n) is 2.84. The average Bonchev–Trinajstić information content (AvgIpc) is 2.40. The van der Waals surface area contributed by atoms with Crippen LogP contribution in [-0.4, -0.2) is 41.4 Å². The van der Waals surface area contributed by atoms with Gasteiger partial charge in [-0.05, 0) is 49.4 Å². The molecule has 5 heteroatoms. The Hall–Kier alpha value is -1.88. The molecule has 2 N–H and O–H groups in total. The van der Waals surface area contributed by atoms with Crippen LogP contribution in [0, 0.1) is 13.8 Å². The molecule has 0 fully saturated rings. The van der Waals surface area contributed by atoms with Crippen molar-refractivity contribution >= 4 is 12.1 Å². The Labute approximate surface area is 125 Å². The van der Waals surface area contributed by atoms with Crippen molar-refractivity contribution in [1.82, 2.24) is 10.2 Å². The third-order valence-electron chi connectivity index (χ3n) is 4.00. The Morgan fingerprint density at radius 1 is 1.43 bits per heavy atom. The molecule has 1 aliphatic heterocycles. The van der Waals surface area contributed by atoms with Crippen molar-refractivity contribution in [2.45, 2.75) is 39.8 Å². The lowest BCUT2D eigenvalue weighted by Crippen LogP contribution is -2.44. The molecule has 0 saturated carbocycles. The lowest BCUT2D eigenvalue weighted by Gasteiger charge is -2.31. The number of hydrogen-bond acceptors (Lipinski definition) is 4. The second kappa shape index (κ2) is 6.72. The molecule has 0 unspecified atom stereocenters. The molecule has 5 nitrogen and oxygen atoms in total. The van der Waals surface area contributed by atoms with E-state index in [4.69, 9.17) is 5.21 Å². The number of aryl methyl sites for hydroxylation is 2. The summed E-state index contributed by atoms with van der Waals surface area (Å²) < 4.78 is 0. The molecule has 1 aliphatic rings. The normalized spacial score (nSPS) is 16.7.